The molecule has 1 atom stereocenters. The topological polar surface area (TPSA) is 24.5 Å². The van der Waals surface area contributed by atoms with Gasteiger partial charge in [0.05, 0.1) is 0 Å². The fourth-order valence-electron chi connectivity index (χ4n) is 3.35. The number of hydrogen-bond donors (Lipinski definition) is 1. The molecular weight excluding hydrogens is 341 g/mol. The summed E-state index contributed by atoms with van der Waals surface area (Å²) in [4.78, 5) is 2.32. The summed E-state index contributed by atoms with van der Waals surface area (Å²) in [5, 5.41) is 3.32. The van der Waals surface area contributed by atoms with Crippen molar-refractivity contribution in [3.8, 4) is 5.75 Å². The van der Waals surface area contributed by atoms with Gasteiger partial charge in [-0.1, -0.05) is 48.0 Å². The molecule has 0 saturated carbocycles. The molecule has 2 aromatic carbocycles. The molecule has 1 unspecified atom stereocenters. The normalized spacial score (nSPS) is 17.1. The number of piperazine rings is 1. The maximum absolute atomic E-state index is 12.7. The van der Waals surface area contributed by atoms with Crippen LogP contribution in [0.4, 0.5) is 13.2 Å². The van der Waals surface area contributed by atoms with E-state index in [0.29, 0.717) is 12.0 Å². The van der Waals surface area contributed by atoms with E-state index in [-0.39, 0.29) is 11.8 Å². The van der Waals surface area contributed by atoms with Crippen LogP contribution in [-0.2, 0) is 6.42 Å². The maximum atomic E-state index is 12.7. The van der Waals surface area contributed by atoms with Crippen molar-refractivity contribution >= 4 is 0 Å². The van der Waals surface area contributed by atoms with E-state index >= 15 is 0 Å². The second-order valence-corrected chi connectivity index (χ2v) is 6.57. The van der Waals surface area contributed by atoms with Crippen LogP contribution in [-0.4, -0.2) is 37.4 Å². The van der Waals surface area contributed by atoms with E-state index in [1.165, 1.54) is 6.07 Å². The SMILES string of the molecule is Cc1ccc(C(Cc2ccccc2OC(F)(F)F)N2CCNCC2)cc1. The Morgan fingerprint density at radius 3 is 2.35 bits per heavy atom. The summed E-state index contributed by atoms with van der Waals surface area (Å²) in [6, 6.07) is 14.6. The predicted molar refractivity (Wildman–Crippen MR) is 95.2 cm³/mol. The van der Waals surface area contributed by atoms with Gasteiger partial charge in [0.1, 0.15) is 5.75 Å². The van der Waals surface area contributed by atoms with E-state index in [9.17, 15) is 13.2 Å². The highest BCUT2D eigenvalue weighted by Gasteiger charge is 2.32. The van der Waals surface area contributed by atoms with Crippen molar-refractivity contribution in [2.75, 3.05) is 26.2 Å². The highest BCUT2D eigenvalue weighted by molar-refractivity contribution is 5.36. The molecule has 1 saturated heterocycles. The van der Waals surface area contributed by atoms with Gasteiger partial charge >= 0.3 is 6.36 Å². The minimum Gasteiger partial charge on any atom is -0.406 e. The number of halogens is 3. The van der Waals surface area contributed by atoms with Gasteiger partial charge in [-0.2, -0.15) is 0 Å². The van der Waals surface area contributed by atoms with Gasteiger partial charge in [-0.25, -0.2) is 0 Å². The zero-order valence-corrected chi connectivity index (χ0v) is 14.7. The maximum Gasteiger partial charge on any atom is 0.573 e. The van der Waals surface area contributed by atoms with Crippen LogP contribution in [0.15, 0.2) is 48.5 Å². The van der Waals surface area contributed by atoms with E-state index in [4.69, 9.17) is 0 Å². The van der Waals surface area contributed by atoms with Crippen molar-refractivity contribution in [1.82, 2.24) is 10.2 Å². The van der Waals surface area contributed by atoms with Crippen LogP contribution in [0, 0.1) is 6.92 Å². The molecule has 3 rings (SSSR count). The molecular formula is C20H23F3N2O. The summed E-state index contributed by atoms with van der Waals surface area (Å²) in [6.07, 6.45) is -4.22. The molecule has 0 aliphatic carbocycles. The number of nitrogens with zero attached hydrogens (tertiary/aromatic N) is 1. The van der Waals surface area contributed by atoms with Crippen molar-refractivity contribution < 1.29 is 17.9 Å². The minimum absolute atomic E-state index is 0.00989. The van der Waals surface area contributed by atoms with Gasteiger partial charge < -0.3 is 10.1 Å². The van der Waals surface area contributed by atoms with E-state index in [1.807, 2.05) is 19.1 Å². The highest BCUT2D eigenvalue weighted by Crippen LogP contribution is 2.32. The monoisotopic (exact) mass is 364 g/mol. The molecule has 1 fully saturated rings. The Morgan fingerprint density at radius 2 is 1.69 bits per heavy atom. The summed E-state index contributed by atoms with van der Waals surface area (Å²) >= 11 is 0. The third-order valence-electron chi connectivity index (χ3n) is 4.67. The lowest BCUT2D eigenvalue weighted by Crippen LogP contribution is -2.45. The van der Waals surface area contributed by atoms with Gasteiger partial charge in [0.25, 0.3) is 0 Å². The number of aryl methyl sites for hydroxylation is 1. The molecule has 26 heavy (non-hydrogen) atoms. The molecule has 0 spiro atoms. The van der Waals surface area contributed by atoms with Crippen LogP contribution in [0.25, 0.3) is 0 Å². The number of alkyl halides is 3. The van der Waals surface area contributed by atoms with Crippen LogP contribution in [0.2, 0.25) is 0 Å². The molecule has 1 N–H and O–H groups in total. The minimum atomic E-state index is -4.69. The van der Waals surface area contributed by atoms with Crippen LogP contribution in [0.1, 0.15) is 22.7 Å². The number of benzene rings is 2. The number of ether oxygens (including phenoxy) is 1. The Bertz CT molecular complexity index is 710. The second kappa shape index (κ2) is 8.10. The zero-order chi connectivity index (χ0) is 18.6. The second-order valence-electron chi connectivity index (χ2n) is 6.57. The summed E-state index contributed by atoms with van der Waals surface area (Å²) in [7, 11) is 0. The quantitative estimate of drug-likeness (QED) is 0.865. The molecule has 0 radical (unpaired) electrons. The lowest BCUT2D eigenvalue weighted by atomic mass is 9.95. The first-order valence-corrected chi connectivity index (χ1v) is 8.77. The average molecular weight is 364 g/mol. The first-order valence-electron chi connectivity index (χ1n) is 8.77. The molecule has 2 aromatic rings. The molecule has 6 heteroatoms. The fourth-order valence-corrected chi connectivity index (χ4v) is 3.35. The van der Waals surface area contributed by atoms with Gasteiger partial charge in [0.15, 0.2) is 0 Å². The van der Waals surface area contributed by atoms with Crippen LogP contribution in [0.3, 0.4) is 0 Å². The molecule has 1 heterocycles. The first kappa shape index (κ1) is 18.7. The molecule has 1 aliphatic rings. The lowest BCUT2D eigenvalue weighted by Gasteiger charge is -2.35. The molecule has 1 aliphatic heterocycles. The van der Waals surface area contributed by atoms with Gasteiger partial charge in [-0.05, 0) is 30.5 Å². The van der Waals surface area contributed by atoms with E-state index < -0.39 is 6.36 Å². The molecule has 0 amide bonds. The number of rotatable bonds is 5. The molecule has 3 nitrogen and oxygen atoms in total. The van der Waals surface area contributed by atoms with Gasteiger partial charge in [0.2, 0.25) is 0 Å². The van der Waals surface area contributed by atoms with Crippen LogP contribution < -0.4 is 10.1 Å². The standard InChI is InChI=1S/C20H23F3N2O/c1-15-6-8-16(9-7-15)18(25-12-10-24-11-13-25)14-17-4-2-3-5-19(17)26-20(21,22)23/h2-9,18,24H,10-14H2,1H3. The summed E-state index contributed by atoms with van der Waals surface area (Å²) in [6.45, 7) is 5.50. The number of para-hydroxylation sites is 1. The lowest BCUT2D eigenvalue weighted by molar-refractivity contribution is -0.274. The average Bonchev–Trinajstić information content (AvgIpc) is 2.61. The van der Waals surface area contributed by atoms with Crippen molar-refractivity contribution in [3.63, 3.8) is 0 Å². The van der Waals surface area contributed by atoms with E-state index in [2.05, 4.69) is 27.1 Å². The highest BCUT2D eigenvalue weighted by atomic mass is 19.4. The molecule has 0 aromatic heterocycles. The Balaban J connectivity index is 1.89. The Hall–Kier alpha value is -2.05. The number of hydrogen-bond acceptors (Lipinski definition) is 3. The third kappa shape index (κ3) is 4.99. The van der Waals surface area contributed by atoms with Crippen molar-refractivity contribution in [3.05, 3.63) is 65.2 Å². The summed E-state index contributed by atoms with van der Waals surface area (Å²) in [5.74, 6) is -0.118. The first-order chi connectivity index (χ1) is 12.4. The van der Waals surface area contributed by atoms with E-state index in [1.54, 1.807) is 18.2 Å². The Kier molecular flexibility index (Phi) is 5.84. The summed E-state index contributed by atoms with van der Waals surface area (Å²) in [5.41, 5.74) is 2.84. The molecule has 140 valence electrons. The Morgan fingerprint density at radius 1 is 1.04 bits per heavy atom. The smallest absolute Gasteiger partial charge is 0.406 e. The van der Waals surface area contributed by atoms with Crippen molar-refractivity contribution in [1.29, 1.82) is 0 Å². The zero-order valence-electron chi connectivity index (χ0n) is 14.7. The fraction of sp³-hybridized carbons (Fsp3) is 0.400. The van der Waals surface area contributed by atoms with Gasteiger partial charge in [0, 0.05) is 32.2 Å². The van der Waals surface area contributed by atoms with Gasteiger partial charge in [-0.15, -0.1) is 13.2 Å². The van der Waals surface area contributed by atoms with Crippen LogP contribution >= 0.6 is 0 Å². The van der Waals surface area contributed by atoms with E-state index in [0.717, 1.165) is 37.3 Å². The molecule has 0 bridgehead atoms. The summed E-state index contributed by atoms with van der Waals surface area (Å²) < 4.78 is 42.5. The number of nitrogens with one attached hydrogen (secondary N) is 1. The van der Waals surface area contributed by atoms with Crippen molar-refractivity contribution in [2.24, 2.45) is 0 Å². The third-order valence-corrected chi connectivity index (χ3v) is 4.67. The largest absolute Gasteiger partial charge is 0.573 e. The van der Waals surface area contributed by atoms with Gasteiger partial charge in [-0.3, -0.25) is 4.90 Å². The van der Waals surface area contributed by atoms with Crippen LogP contribution in [0.5, 0.6) is 5.75 Å². The van der Waals surface area contributed by atoms with Crippen molar-refractivity contribution in [2.45, 2.75) is 25.7 Å². The Labute approximate surface area is 151 Å². The predicted octanol–water partition coefficient (Wildman–Crippen LogP) is 4.08.